The zero-order valence-electron chi connectivity index (χ0n) is 10.4. The normalized spacial score (nSPS) is 19.4. The Balaban J connectivity index is 2.09. The van der Waals surface area contributed by atoms with E-state index in [0.717, 1.165) is 17.0 Å². The van der Waals surface area contributed by atoms with E-state index in [-0.39, 0.29) is 18.0 Å². The van der Waals surface area contributed by atoms with E-state index in [1.807, 2.05) is 0 Å². The molecule has 0 spiro atoms. The van der Waals surface area contributed by atoms with Crippen molar-refractivity contribution in [2.24, 2.45) is 0 Å². The van der Waals surface area contributed by atoms with Crippen LogP contribution in [0, 0.1) is 0 Å². The quantitative estimate of drug-likeness (QED) is 0.861. The van der Waals surface area contributed by atoms with Gasteiger partial charge in [-0.05, 0) is 12.1 Å². The average molecular weight is 288 g/mol. The summed E-state index contributed by atoms with van der Waals surface area (Å²) in [6, 6.07) is 4.33. The molecule has 1 unspecified atom stereocenters. The summed E-state index contributed by atoms with van der Waals surface area (Å²) >= 11 is 0. The van der Waals surface area contributed by atoms with E-state index in [4.69, 9.17) is 0 Å². The second-order valence-corrected chi connectivity index (χ2v) is 4.27. The molecule has 20 heavy (non-hydrogen) atoms. The van der Waals surface area contributed by atoms with Crippen molar-refractivity contribution in [3.05, 3.63) is 24.3 Å². The molecule has 1 fully saturated rings. The highest BCUT2D eigenvalue weighted by atomic mass is 19.4. The molecule has 0 aliphatic carbocycles. The number of nitrogens with one attached hydrogen (secondary N) is 1. The molecule has 0 bridgehead atoms. The number of likely N-dealkylation sites (N-methyl/N-ethyl adjacent to an activating group) is 1. The number of ether oxygens (including phenoxy) is 1. The number of likely N-dealkylation sites (tertiary alicyclic amines) is 1. The third-order valence-corrected chi connectivity index (χ3v) is 2.79. The number of benzene rings is 1. The molecule has 5 nitrogen and oxygen atoms in total. The predicted octanol–water partition coefficient (Wildman–Crippen LogP) is 1.75. The fourth-order valence-corrected chi connectivity index (χ4v) is 1.85. The highest BCUT2D eigenvalue weighted by Gasteiger charge is 2.36. The summed E-state index contributed by atoms with van der Waals surface area (Å²) in [5.41, 5.74) is 0.271. The molecule has 1 heterocycles. The first-order valence-corrected chi connectivity index (χ1v) is 5.69. The number of hydrogen-bond acceptors (Lipinski definition) is 4. The fourth-order valence-electron chi connectivity index (χ4n) is 1.85. The molecule has 8 heteroatoms. The summed E-state index contributed by atoms with van der Waals surface area (Å²) < 4.78 is 40.1. The topological polar surface area (TPSA) is 58.6 Å². The number of alkyl halides is 3. The summed E-state index contributed by atoms with van der Waals surface area (Å²) in [4.78, 5) is 24.0. The second-order valence-electron chi connectivity index (χ2n) is 4.27. The maximum Gasteiger partial charge on any atom is 0.573 e. The minimum atomic E-state index is -4.78. The van der Waals surface area contributed by atoms with E-state index >= 15 is 0 Å². The van der Waals surface area contributed by atoms with Crippen molar-refractivity contribution in [1.82, 2.24) is 4.90 Å². The lowest BCUT2D eigenvalue weighted by atomic mass is 10.2. The van der Waals surface area contributed by atoms with Gasteiger partial charge in [-0.2, -0.15) is 0 Å². The van der Waals surface area contributed by atoms with E-state index in [1.54, 1.807) is 0 Å². The number of anilines is 1. The predicted molar refractivity (Wildman–Crippen MR) is 62.9 cm³/mol. The second kappa shape index (κ2) is 5.03. The number of carbonyl (C=O) groups is 2. The third kappa shape index (κ3) is 3.19. The van der Waals surface area contributed by atoms with Crippen molar-refractivity contribution in [2.75, 3.05) is 12.4 Å². The lowest BCUT2D eigenvalue weighted by molar-refractivity contribution is -0.274. The van der Waals surface area contributed by atoms with Gasteiger partial charge < -0.3 is 10.1 Å². The summed E-state index contributed by atoms with van der Waals surface area (Å²) in [6.45, 7) is 0. The Bertz CT molecular complexity index is 545. The molecule has 0 saturated carbocycles. The standard InChI is InChI=1S/C12H11F3N2O3/c1-17-10(18)6-9(11(17)19)16-7-3-2-4-8(5-7)20-12(13,14)15/h2-5,9,16H,6H2,1H3. The van der Waals surface area contributed by atoms with Crippen LogP contribution in [-0.4, -0.2) is 36.2 Å². The molecule has 2 rings (SSSR count). The van der Waals surface area contributed by atoms with Crippen LogP contribution in [0.4, 0.5) is 18.9 Å². The Morgan fingerprint density at radius 3 is 2.60 bits per heavy atom. The smallest absolute Gasteiger partial charge is 0.406 e. The molecular formula is C12H11F3N2O3. The maximum atomic E-state index is 12.1. The lowest BCUT2D eigenvalue weighted by Gasteiger charge is -2.14. The van der Waals surface area contributed by atoms with E-state index in [9.17, 15) is 22.8 Å². The van der Waals surface area contributed by atoms with Gasteiger partial charge in [0, 0.05) is 18.8 Å². The fraction of sp³-hybridized carbons (Fsp3) is 0.333. The first kappa shape index (κ1) is 14.2. The molecule has 0 radical (unpaired) electrons. The van der Waals surface area contributed by atoms with Gasteiger partial charge >= 0.3 is 6.36 Å². The zero-order chi connectivity index (χ0) is 14.9. The van der Waals surface area contributed by atoms with Crippen molar-refractivity contribution in [3.63, 3.8) is 0 Å². The van der Waals surface area contributed by atoms with Gasteiger partial charge in [0.2, 0.25) is 5.91 Å². The SMILES string of the molecule is CN1C(=O)CC(Nc2cccc(OC(F)(F)F)c2)C1=O. The number of halogens is 3. The maximum absolute atomic E-state index is 12.1. The van der Waals surface area contributed by atoms with Crippen molar-refractivity contribution >= 4 is 17.5 Å². The van der Waals surface area contributed by atoms with E-state index in [1.165, 1.54) is 19.2 Å². The molecule has 1 aromatic rings. The molecular weight excluding hydrogens is 277 g/mol. The highest BCUT2D eigenvalue weighted by molar-refractivity contribution is 6.06. The number of rotatable bonds is 3. The Morgan fingerprint density at radius 2 is 2.05 bits per heavy atom. The molecule has 1 N–H and O–H groups in total. The van der Waals surface area contributed by atoms with Gasteiger partial charge in [0.15, 0.2) is 0 Å². The number of hydrogen-bond donors (Lipinski definition) is 1. The van der Waals surface area contributed by atoms with Gasteiger partial charge in [-0.1, -0.05) is 6.07 Å². The van der Waals surface area contributed by atoms with Crippen LogP contribution >= 0.6 is 0 Å². The van der Waals surface area contributed by atoms with Crippen LogP contribution in [0.1, 0.15) is 6.42 Å². The molecule has 108 valence electrons. The van der Waals surface area contributed by atoms with Gasteiger partial charge in [0.25, 0.3) is 5.91 Å². The van der Waals surface area contributed by atoms with Gasteiger partial charge in [0.1, 0.15) is 11.8 Å². The van der Waals surface area contributed by atoms with Crippen LogP contribution in [0.25, 0.3) is 0 Å². The number of imide groups is 1. The summed E-state index contributed by atoms with van der Waals surface area (Å²) in [6.07, 6.45) is -4.81. The van der Waals surface area contributed by atoms with Crippen LogP contribution in [0.3, 0.4) is 0 Å². The molecule has 1 saturated heterocycles. The minimum absolute atomic E-state index is 0.0281. The van der Waals surface area contributed by atoms with E-state index in [0.29, 0.717) is 0 Å². The number of nitrogens with zero attached hydrogens (tertiary/aromatic N) is 1. The minimum Gasteiger partial charge on any atom is -0.406 e. The number of carbonyl (C=O) groups excluding carboxylic acids is 2. The van der Waals surface area contributed by atoms with Crippen molar-refractivity contribution in [1.29, 1.82) is 0 Å². The van der Waals surface area contributed by atoms with Crippen LogP contribution in [0.5, 0.6) is 5.75 Å². The first-order chi connectivity index (χ1) is 9.26. The van der Waals surface area contributed by atoms with Crippen molar-refractivity contribution in [3.8, 4) is 5.75 Å². The van der Waals surface area contributed by atoms with Crippen molar-refractivity contribution in [2.45, 2.75) is 18.8 Å². The van der Waals surface area contributed by atoms with E-state index in [2.05, 4.69) is 10.1 Å². The molecule has 2 amide bonds. The molecule has 1 aromatic carbocycles. The van der Waals surface area contributed by atoms with Crippen LogP contribution in [-0.2, 0) is 9.59 Å². The number of amides is 2. The third-order valence-electron chi connectivity index (χ3n) is 2.79. The first-order valence-electron chi connectivity index (χ1n) is 5.69. The molecule has 0 aromatic heterocycles. The molecule has 1 aliphatic heterocycles. The average Bonchev–Trinajstić information content (AvgIpc) is 2.55. The lowest BCUT2D eigenvalue weighted by Crippen LogP contribution is -2.31. The summed E-state index contributed by atoms with van der Waals surface area (Å²) in [5.74, 6) is -1.15. The Hall–Kier alpha value is -2.25. The summed E-state index contributed by atoms with van der Waals surface area (Å²) in [5, 5.41) is 2.72. The van der Waals surface area contributed by atoms with Gasteiger partial charge in [-0.3, -0.25) is 14.5 Å². The Morgan fingerprint density at radius 1 is 1.35 bits per heavy atom. The van der Waals surface area contributed by atoms with Gasteiger partial charge in [-0.25, -0.2) is 0 Å². The van der Waals surface area contributed by atoms with Crippen molar-refractivity contribution < 1.29 is 27.5 Å². The molecule has 1 atom stereocenters. The highest BCUT2D eigenvalue weighted by Crippen LogP contribution is 2.26. The van der Waals surface area contributed by atoms with E-state index < -0.39 is 24.1 Å². The van der Waals surface area contributed by atoms with Crippen LogP contribution in [0.15, 0.2) is 24.3 Å². The monoisotopic (exact) mass is 288 g/mol. The van der Waals surface area contributed by atoms with Crippen LogP contribution < -0.4 is 10.1 Å². The Labute approximate surface area is 112 Å². The largest absolute Gasteiger partial charge is 0.573 e. The van der Waals surface area contributed by atoms with Crippen LogP contribution in [0.2, 0.25) is 0 Å². The molecule has 1 aliphatic rings. The summed E-state index contributed by atoms with van der Waals surface area (Å²) in [7, 11) is 1.36. The van der Waals surface area contributed by atoms with Gasteiger partial charge in [-0.15, -0.1) is 13.2 Å². The Kier molecular flexibility index (Phi) is 3.56. The zero-order valence-corrected chi connectivity index (χ0v) is 10.4. The van der Waals surface area contributed by atoms with Gasteiger partial charge in [0.05, 0.1) is 6.42 Å².